The van der Waals surface area contributed by atoms with Crippen LogP contribution >= 0.6 is 0 Å². The lowest BCUT2D eigenvalue weighted by Crippen LogP contribution is -1.85. The summed E-state index contributed by atoms with van der Waals surface area (Å²) in [6.07, 6.45) is 0. The lowest BCUT2D eigenvalue weighted by molar-refractivity contribution is 0.415. The Bertz CT molecular complexity index is 681. The number of hydrogen-bond acceptors (Lipinski definition) is 1. The third-order valence-electron chi connectivity index (χ3n) is 3.17. The minimum atomic E-state index is 0.889. The lowest BCUT2D eigenvalue weighted by Gasteiger charge is -2.08. The molecule has 0 unspecified atom stereocenters. The highest BCUT2D eigenvalue weighted by atomic mass is 16.5. The highest BCUT2D eigenvalue weighted by Gasteiger charge is 2.03. The SMILES string of the molecule is COc1cccc(-c2cccc3ccccc23)c1. The van der Waals surface area contributed by atoms with E-state index in [0.29, 0.717) is 0 Å². The lowest BCUT2D eigenvalue weighted by atomic mass is 9.98. The maximum absolute atomic E-state index is 5.29. The van der Waals surface area contributed by atoms with Crippen LogP contribution < -0.4 is 4.74 Å². The molecule has 0 fully saturated rings. The molecular formula is C17H14O. The van der Waals surface area contributed by atoms with Gasteiger partial charge in [0, 0.05) is 0 Å². The largest absolute Gasteiger partial charge is 0.497 e. The molecule has 0 aromatic heterocycles. The zero-order valence-corrected chi connectivity index (χ0v) is 10.3. The third kappa shape index (κ3) is 1.84. The fourth-order valence-electron chi connectivity index (χ4n) is 2.27. The van der Waals surface area contributed by atoms with Gasteiger partial charge in [0.2, 0.25) is 0 Å². The molecule has 0 amide bonds. The number of ether oxygens (including phenoxy) is 1. The van der Waals surface area contributed by atoms with Crippen LogP contribution in [0.25, 0.3) is 21.9 Å². The highest BCUT2D eigenvalue weighted by molar-refractivity contribution is 5.96. The molecule has 3 rings (SSSR count). The molecule has 3 aromatic carbocycles. The van der Waals surface area contributed by atoms with Crippen LogP contribution in [0.15, 0.2) is 66.7 Å². The van der Waals surface area contributed by atoms with Crippen molar-refractivity contribution >= 4 is 10.8 Å². The first-order chi connectivity index (χ1) is 8.88. The zero-order valence-electron chi connectivity index (χ0n) is 10.3. The minimum Gasteiger partial charge on any atom is -0.497 e. The first-order valence-corrected chi connectivity index (χ1v) is 6.01. The number of fused-ring (bicyclic) bond motifs is 1. The van der Waals surface area contributed by atoms with Gasteiger partial charge >= 0.3 is 0 Å². The van der Waals surface area contributed by atoms with Crippen molar-refractivity contribution in [2.24, 2.45) is 0 Å². The molecule has 0 bridgehead atoms. The quantitative estimate of drug-likeness (QED) is 0.633. The molecule has 0 aliphatic heterocycles. The molecule has 1 nitrogen and oxygen atoms in total. The Balaban J connectivity index is 2.24. The fraction of sp³-hybridized carbons (Fsp3) is 0.0588. The van der Waals surface area contributed by atoms with Crippen LogP contribution in [0.4, 0.5) is 0 Å². The van der Waals surface area contributed by atoms with Gasteiger partial charge in [0.05, 0.1) is 7.11 Å². The molecule has 3 aromatic rings. The van der Waals surface area contributed by atoms with E-state index in [1.807, 2.05) is 12.1 Å². The van der Waals surface area contributed by atoms with E-state index in [1.54, 1.807) is 7.11 Å². The van der Waals surface area contributed by atoms with Crippen molar-refractivity contribution in [3.8, 4) is 16.9 Å². The van der Waals surface area contributed by atoms with Gasteiger partial charge in [-0.25, -0.2) is 0 Å². The summed E-state index contributed by atoms with van der Waals surface area (Å²) in [6, 6.07) is 23.0. The van der Waals surface area contributed by atoms with Gasteiger partial charge in [0.25, 0.3) is 0 Å². The average molecular weight is 234 g/mol. The van der Waals surface area contributed by atoms with E-state index in [2.05, 4.69) is 54.6 Å². The van der Waals surface area contributed by atoms with Gasteiger partial charge in [-0.2, -0.15) is 0 Å². The Kier molecular flexibility index (Phi) is 2.73. The second-order valence-corrected chi connectivity index (χ2v) is 4.26. The first kappa shape index (κ1) is 10.8. The van der Waals surface area contributed by atoms with E-state index < -0.39 is 0 Å². The molecule has 0 atom stereocenters. The Labute approximate surface area is 107 Å². The molecule has 0 aliphatic carbocycles. The summed E-state index contributed by atoms with van der Waals surface area (Å²) in [6.45, 7) is 0. The number of methoxy groups -OCH3 is 1. The molecule has 18 heavy (non-hydrogen) atoms. The normalized spacial score (nSPS) is 10.5. The smallest absolute Gasteiger partial charge is 0.119 e. The van der Waals surface area contributed by atoms with Crippen molar-refractivity contribution in [1.82, 2.24) is 0 Å². The van der Waals surface area contributed by atoms with E-state index in [-0.39, 0.29) is 0 Å². The van der Waals surface area contributed by atoms with Crippen LogP contribution in [-0.2, 0) is 0 Å². The monoisotopic (exact) mass is 234 g/mol. The van der Waals surface area contributed by atoms with Crippen molar-refractivity contribution in [2.75, 3.05) is 7.11 Å². The molecule has 88 valence electrons. The molecular weight excluding hydrogens is 220 g/mol. The predicted octanol–water partition coefficient (Wildman–Crippen LogP) is 4.52. The van der Waals surface area contributed by atoms with E-state index in [0.717, 1.165) is 5.75 Å². The molecule has 0 heterocycles. The Morgan fingerprint density at radius 1 is 0.778 bits per heavy atom. The number of hydrogen-bond donors (Lipinski definition) is 0. The van der Waals surface area contributed by atoms with Crippen molar-refractivity contribution in [3.05, 3.63) is 66.7 Å². The number of benzene rings is 3. The van der Waals surface area contributed by atoms with Crippen LogP contribution in [0.1, 0.15) is 0 Å². The second-order valence-electron chi connectivity index (χ2n) is 4.26. The van der Waals surface area contributed by atoms with Crippen LogP contribution in [-0.4, -0.2) is 7.11 Å². The van der Waals surface area contributed by atoms with Gasteiger partial charge in [-0.1, -0.05) is 54.6 Å². The summed E-state index contributed by atoms with van der Waals surface area (Å²) < 4.78 is 5.29. The molecule has 0 aliphatic rings. The highest BCUT2D eigenvalue weighted by Crippen LogP contribution is 2.30. The summed E-state index contributed by atoms with van der Waals surface area (Å²) in [5.74, 6) is 0.889. The van der Waals surface area contributed by atoms with Crippen molar-refractivity contribution in [2.45, 2.75) is 0 Å². The van der Waals surface area contributed by atoms with Gasteiger partial charge in [-0.05, 0) is 34.0 Å². The standard InChI is InChI=1S/C17H14O/c1-18-15-9-4-8-14(12-15)17-11-5-7-13-6-2-3-10-16(13)17/h2-12H,1H3. The van der Waals surface area contributed by atoms with E-state index in [4.69, 9.17) is 4.74 Å². The summed E-state index contributed by atoms with van der Waals surface area (Å²) in [5.41, 5.74) is 2.43. The molecule has 0 spiro atoms. The van der Waals surface area contributed by atoms with Gasteiger partial charge in [-0.3, -0.25) is 0 Å². The fourth-order valence-corrected chi connectivity index (χ4v) is 2.27. The van der Waals surface area contributed by atoms with Crippen molar-refractivity contribution in [3.63, 3.8) is 0 Å². The van der Waals surface area contributed by atoms with Crippen LogP contribution in [0.2, 0.25) is 0 Å². The van der Waals surface area contributed by atoms with Gasteiger partial charge in [0.15, 0.2) is 0 Å². The van der Waals surface area contributed by atoms with Gasteiger partial charge in [-0.15, -0.1) is 0 Å². The van der Waals surface area contributed by atoms with E-state index >= 15 is 0 Å². The van der Waals surface area contributed by atoms with Crippen molar-refractivity contribution < 1.29 is 4.74 Å². The molecule has 0 N–H and O–H groups in total. The maximum atomic E-state index is 5.29. The summed E-state index contributed by atoms with van der Waals surface area (Å²) in [4.78, 5) is 0. The molecule has 0 saturated carbocycles. The Hall–Kier alpha value is -2.28. The predicted molar refractivity (Wildman–Crippen MR) is 75.9 cm³/mol. The minimum absolute atomic E-state index is 0.889. The topological polar surface area (TPSA) is 9.23 Å². The van der Waals surface area contributed by atoms with E-state index in [1.165, 1.54) is 21.9 Å². The molecule has 0 radical (unpaired) electrons. The van der Waals surface area contributed by atoms with Gasteiger partial charge < -0.3 is 4.74 Å². The Morgan fingerprint density at radius 3 is 2.44 bits per heavy atom. The summed E-state index contributed by atoms with van der Waals surface area (Å²) in [7, 11) is 1.70. The average Bonchev–Trinajstić information content (AvgIpc) is 2.47. The summed E-state index contributed by atoms with van der Waals surface area (Å²) in [5, 5.41) is 2.53. The van der Waals surface area contributed by atoms with Crippen molar-refractivity contribution in [1.29, 1.82) is 0 Å². The van der Waals surface area contributed by atoms with Crippen LogP contribution in [0.3, 0.4) is 0 Å². The third-order valence-corrected chi connectivity index (χ3v) is 3.17. The Morgan fingerprint density at radius 2 is 1.56 bits per heavy atom. The molecule has 0 saturated heterocycles. The maximum Gasteiger partial charge on any atom is 0.119 e. The van der Waals surface area contributed by atoms with Crippen LogP contribution in [0.5, 0.6) is 5.75 Å². The zero-order chi connectivity index (χ0) is 12.4. The second kappa shape index (κ2) is 4.53. The molecule has 1 heteroatoms. The van der Waals surface area contributed by atoms with Crippen LogP contribution in [0, 0.1) is 0 Å². The number of rotatable bonds is 2. The summed E-state index contributed by atoms with van der Waals surface area (Å²) >= 11 is 0. The van der Waals surface area contributed by atoms with E-state index in [9.17, 15) is 0 Å². The van der Waals surface area contributed by atoms with Gasteiger partial charge in [0.1, 0.15) is 5.75 Å². The first-order valence-electron chi connectivity index (χ1n) is 6.01.